The number of halogens is 1. The van der Waals surface area contributed by atoms with Gasteiger partial charge in [-0.2, -0.15) is 5.26 Å². The van der Waals surface area contributed by atoms with Crippen molar-refractivity contribution in [3.8, 4) is 23.3 Å². The van der Waals surface area contributed by atoms with Crippen LogP contribution in [0, 0.1) is 11.3 Å². The van der Waals surface area contributed by atoms with Gasteiger partial charge in [0.15, 0.2) is 0 Å². The summed E-state index contributed by atoms with van der Waals surface area (Å²) in [7, 11) is 0. The van der Waals surface area contributed by atoms with Gasteiger partial charge in [0.1, 0.15) is 28.9 Å². The molecule has 0 aromatic heterocycles. The second-order valence-electron chi connectivity index (χ2n) is 7.03. The number of carbonyl (C=O) groups is 1. The van der Waals surface area contributed by atoms with E-state index >= 15 is 0 Å². The van der Waals surface area contributed by atoms with Gasteiger partial charge >= 0.3 is 5.97 Å². The Labute approximate surface area is 190 Å². The van der Waals surface area contributed by atoms with E-state index < -0.39 is 11.9 Å². The van der Waals surface area contributed by atoms with Gasteiger partial charge in [0.05, 0.1) is 18.1 Å². The first-order valence-corrected chi connectivity index (χ1v) is 10.3. The maximum Gasteiger partial charge on any atom is 0.343 e. The maximum absolute atomic E-state index is 12.5. The van der Waals surface area contributed by atoms with Crippen LogP contribution in [-0.4, -0.2) is 12.6 Å². The van der Waals surface area contributed by atoms with Gasteiger partial charge in [-0.25, -0.2) is 4.79 Å². The fourth-order valence-electron chi connectivity index (χ4n) is 3.55. The van der Waals surface area contributed by atoms with Crippen molar-refractivity contribution in [1.29, 1.82) is 5.26 Å². The molecule has 2 N–H and O–H groups in total. The van der Waals surface area contributed by atoms with Crippen molar-refractivity contribution in [2.45, 2.75) is 12.8 Å². The van der Waals surface area contributed by atoms with Crippen LogP contribution < -0.4 is 19.9 Å². The van der Waals surface area contributed by atoms with Crippen molar-refractivity contribution in [2.75, 3.05) is 6.61 Å². The number of rotatable bonds is 5. The normalized spacial score (nSPS) is 14.7. The molecule has 0 spiro atoms. The number of hydrogen-bond acceptors (Lipinski definition) is 6. The zero-order chi connectivity index (χ0) is 22.7. The van der Waals surface area contributed by atoms with Crippen LogP contribution in [0.3, 0.4) is 0 Å². The number of hydrogen-bond donors (Lipinski definition) is 1. The van der Waals surface area contributed by atoms with Crippen LogP contribution in [0.4, 0.5) is 0 Å². The first-order chi connectivity index (χ1) is 15.5. The largest absolute Gasteiger partial charge is 0.494 e. The summed E-state index contributed by atoms with van der Waals surface area (Å²) in [6.07, 6.45) is 0. The Morgan fingerprint density at radius 1 is 1.12 bits per heavy atom. The summed E-state index contributed by atoms with van der Waals surface area (Å²) in [6.45, 7) is 2.48. The van der Waals surface area contributed by atoms with Gasteiger partial charge in [0.25, 0.3) is 0 Å². The molecule has 0 aliphatic carbocycles. The number of nitrogens with zero attached hydrogens (tertiary/aromatic N) is 1. The zero-order valence-electron chi connectivity index (χ0n) is 17.2. The lowest BCUT2D eigenvalue weighted by atomic mass is 9.83. The van der Waals surface area contributed by atoms with Gasteiger partial charge < -0.3 is 19.9 Å². The lowest BCUT2D eigenvalue weighted by Gasteiger charge is -2.26. The summed E-state index contributed by atoms with van der Waals surface area (Å²) in [6, 6.07) is 21.1. The standard InChI is InChI=1S/C25H19ClN2O4/c1-2-30-18-8-6-15(7-9-18)23-20-11-10-19(13-22(20)32-24(28)21(23)14-27)31-25(29)16-4-3-5-17(26)12-16/h3-13,23H,2,28H2,1H3. The number of esters is 1. The van der Waals surface area contributed by atoms with Gasteiger partial charge in [0.2, 0.25) is 5.88 Å². The number of nitriles is 1. The average molecular weight is 447 g/mol. The average Bonchev–Trinajstić information content (AvgIpc) is 2.79. The van der Waals surface area contributed by atoms with E-state index in [1.807, 2.05) is 31.2 Å². The van der Waals surface area contributed by atoms with Crippen LogP contribution in [0.5, 0.6) is 17.2 Å². The van der Waals surface area contributed by atoms with Crippen molar-refractivity contribution >= 4 is 17.6 Å². The number of nitrogens with two attached hydrogens (primary N) is 1. The summed E-state index contributed by atoms with van der Waals surface area (Å²) in [5.41, 5.74) is 8.30. The third-order valence-electron chi connectivity index (χ3n) is 4.99. The molecule has 160 valence electrons. The number of allylic oxidation sites excluding steroid dienone is 1. The minimum atomic E-state index is -0.549. The Hall–Kier alpha value is -3.95. The van der Waals surface area contributed by atoms with E-state index in [-0.39, 0.29) is 11.6 Å². The number of fused-ring (bicyclic) bond motifs is 1. The highest BCUT2D eigenvalue weighted by molar-refractivity contribution is 6.30. The molecule has 0 bridgehead atoms. The monoisotopic (exact) mass is 446 g/mol. The molecule has 0 radical (unpaired) electrons. The molecule has 1 aliphatic rings. The summed E-state index contributed by atoms with van der Waals surface area (Å²) in [4.78, 5) is 12.5. The summed E-state index contributed by atoms with van der Waals surface area (Å²) in [5, 5.41) is 10.1. The van der Waals surface area contributed by atoms with Gasteiger partial charge in [-0.3, -0.25) is 0 Å². The maximum atomic E-state index is 12.5. The molecule has 1 unspecified atom stereocenters. The molecular formula is C25H19ClN2O4. The van der Waals surface area contributed by atoms with Crippen molar-refractivity contribution in [1.82, 2.24) is 0 Å². The van der Waals surface area contributed by atoms with Gasteiger partial charge in [0, 0.05) is 16.7 Å². The van der Waals surface area contributed by atoms with Crippen LogP contribution >= 0.6 is 11.6 Å². The minimum Gasteiger partial charge on any atom is -0.494 e. The summed E-state index contributed by atoms with van der Waals surface area (Å²) < 4.78 is 16.7. The smallest absolute Gasteiger partial charge is 0.343 e. The molecule has 3 aromatic carbocycles. The van der Waals surface area contributed by atoms with E-state index in [4.69, 9.17) is 31.5 Å². The summed E-state index contributed by atoms with van der Waals surface area (Å²) in [5.74, 6) is 0.480. The van der Waals surface area contributed by atoms with E-state index in [2.05, 4.69) is 6.07 Å². The van der Waals surface area contributed by atoms with E-state index in [0.717, 1.165) is 16.9 Å². The molecule has 0 fully saturated rings. The molecule has 1 heterocycles. The minimum absolute atomic E-state index is 0.0113. The Kier molecular flexibility index (Phi) is 6.02. The molecule has 32 heavy (non-hydrogen) atoms. The van der Waals surface area contributed by atoms with Crippen LogP contribution in [0.25, 0.3) is 0 Å². The first kappa shape index (κ1) is 21.3. The molecule has 7 heteroatoms. The lowest BCUT2D eigenvalue weighted by molar-refractivity contribution is 0.0734. The van der Waals surface area contributed by atoms with Crippen molar-refractivity contribution in [2.24, 2.45) is 5.73 Å². The number of carbonyl (C=O) groups excluding carboxylic acids is 1. The van der Waals surface area contributed by atoms with Crippen LogP contribution in [0.1, 0.15) is 34.3 Å². The van der Waals surface area contributed by atoms with Crippen LogP contribution in [-0.2, 0) is 0 Å². The number of benzene rings is 3. The molecule has 1 aliphatic heterocycles. The molecular weight excluding hydrogens is 428 g/mol. The SMILES string of the molecule is CCOc1ccc(C2C(C#N)=C(N)Oc3cc(OC(=O)c4cccc(Cl)c4)ccc32)cc1. The molecule has 1 atom stereocenters. The molecule has 4 rings (SSSR count). The third kappa shape index (κ3) is 4.25. The van der Waals surface area contributed by atoms with E-state index in [1.54, 1.807) is 36.4 Å². The topological polar surface area (TPSA) is 94.6 Å². The predicted molar refractivity (Wildman–Crippen MR) is 120 cm³/mol. The summed E-state index contributed by atoms with van der Waals surface area (Å²) >= 11 is 5.95. The highest BCUT2D eigenvalue weighted by atomic mass is 35.5. The van der Waals surface area contributed by atoms with Gasteiger partial charge in [-0.15, -0.1) is 0 Å². The molecule has 0 amide bonds. The second-order valence-corrected chi connectivity index (χ2v) is 7.46. The van der Waals surface area contributed by atoms with Crippen molar-refractivity contribution in [3.63, 3.8) is 0 Å². The highest BCUT2D eigenvalue weighted by Gasteiger charge is 2.31. The second kappa shape index (κ2) is 9.04. The Morgan fingerprint density at radius 2 is 1.88 bits per heavy atom. The van der Waals surface area contributed by atoms with E-state index in [0.29, 0.717) is 28.5 Å². The van der Waals surface area contributed by atoms with Crippen LogP contribution in [0.15, 0.2) is 78.2 Å². The van der Waals surface area contributed by atoms with Gasteiger partial charge in [-0.1, -0.05) is 35.9 Å². The predicted octanol–water partition coefficient (Wildman–Crippen LogP) is 5.18. The third-order valence-corrected chi connectivity index (χ3v) is 5.22. The highest BCUT2D eigenvalue weighted by Crippen LogP contribution is 2.43. The van der Waals surface area contributed by atoms with Crippen LogP contribution in [0.2, 0.25) is 5.02 Å². The molecule has 0 saturated carbocycles. The Bertz CT molecular complexity index is 1250. The fraction of sp³-hybridized carbons (Fsp3) is 0.120. The Morgan fingerprint density at radius 3 is 2.56 bits per heavy atom. The van der Waals surface area contributed by atoms with Gasteiger partial charge in [-0.05, 0) is 48.9 Å². The fourth-order valence-corrected chi connectivity index (χ4v) is 3.74. The van der Waals surface area contributed by atoms with E-state index in [9.17, 15) is 10.1 Å². The first-order valence-electron chi connectivity index (χ1n) is 9.92. The van der Waals surface area contributed by atoms with Crippen molar-refractivity contribution in [3.05, 3.63) is 99.9 Å². The molecule has 0 saturated heterocycles. The lowest BCUT2D eigenvalue weighted by Crippen LogP contribution is -2.21. The molecule has 6 nitrogen and oxygen atoms in total. The zero-order valence-corrected chi connectivity index (χ0v) is 17.9. The van der Waals surface area contributed by atoms with Crippen molar-refractivity contribution < 1.29 is 19.0 Å². The quantitative estimate of drug-likeness (QED) is 0.429. The molecule has 3 aromatic rings. The Balaban J connectivity index is 1.66. The number of ether oxygens (including phenoxy) is 3. The van der Waals surface area contributed by atoms with E-state index in [1.165, 1.54) is 6.07 Å².